The first-order chi connectivity index (χ1) is 9.86. The second kappa shape index (κ2) is 6.47. The van der Waals surface area contributed by atoms with Crippen LogP contribution in [-0.4, -0.2) is 14.3 Å². The highest BCUT2D eigenvalue weighted by Crippen LogP contribution is 2.15. The zero-order valence-electron chi connectivity index (χ0n) is 10.7. The molecule has 110 valence electrons. The third-order valence-corrected chi connectivity index (χ3v) is 4.35. The third kappa shape index (κ3) is 4.46. The Morgan fingerprint density at radius 3 is 2.33 bits per heavy atom. The van der Waals surface area contributed by atoms with Gasteiger partial charge >= 0.3 is 0 Å². The Morgan fingerprint density at radius 1 is 1.10 bits per heavy atom. The minimum atomic E-state index is -3.73. The quantitative estimate of drug-likeness (QED) is 0.867. The van der Waals surface area contributed by atoms with Gasteiger partial charge in [0.2, 0.25) is 0 Å². The largest absolute Gasteiger partial charge is 0.348 e. The zero-order valence-corrected chi connectivity index (χ0v) is 13.0. The van der Waals surface area contributed by atoms with Crippen LogP contribution in [0.5, 0.6) is 0 Å². The minimum absolute atomic E-state index is 0.0223. The van der Waals surface area contributed by atoms with E-state index < -0.39 is 9.05 Å². The average Bonchev–Trinajstić information content (AvgIpc) is 2.44. The highest BCUT2D eigenvalue weighted by atomic mass is 35.7. The molecule has 2 aromatic rings. The van der Waals surface area contributed by atoms with Gasteiger partial charge < -0.3 is 5.32 Å². The normalized spacial score (nSPS) is 11.1. The molecule has 0 bridgehead atoms. The van der Waals surface area contributed by atoms with Gasteiger partial charge in [-0.2, -0.15) is 0 Å². The van der Waals surface area contributed by atoms with Gasteiger partial charge in [0.25, 0.3) is 15.0 Å². The minimum Gasteiger partial charge on any atom is -0.348 e. The van der Waals surface area contributed by atoms with E-state index in [9.17, 15) is 13.2 Å². The van der Waals surface area contributed by atoms with Crippen LogP contribution in [0.2, 0.25) is 5.02 Å². The fourth-order valence-corrected chi connectivity index (χ4v) is 2.64. The summed E-state index contributed by atoms with van der Waals surface area (Å²) in [6.07, 6.45) is 0. The summed E-state index contributed by atoms with van der Waals surface area (Å²) in [6, 6.07) is 12.6. The molecule has 7 heteroatoms. The van der Waals surface area contributed by atoms with Crippen molar-refractivity contribution in [2.75, 3.05) is 0 Å². The van der Waals surface area contributed by atoms with E-state index in [4.69, 9.17) is 22.3 Å². The molecule has 0 atom stereocenters. The SMILES string of the molecule is O=C(NCc1ccc(S(=O)(=O)Cl)cc1)c1cccc(Cl)c1. The number of amides is 1. The number of halogens is 2. The Balaban J connectivity index is 2.02. The maximum absolute atomic E-state index is 11.9. The summed E-state index contributed by atoms with van der Waals surface area (Å²) < 4.78 is 22.2. The van der Waals surface area contributed by atoms with E-state index in [2.05, 4.69) is 5.32 Å². The lowest BCUT2D eigenvalue weighted by atomic mass is 10.2. The van der Waals surface area contributed by atoms with Crippen molar-refractivity contribution in [2.24, 2.45) is 0 Å². The van der Waals surface area contributed by atoms with Crippen LogP contribution >= 0.6 is 22.3 Å². The van der Waals surface area contributed by atoms with Crippen LogP contribution in [0.3, 0.4) is 0 Å². The molecule has 0 aromatic heterocycles. The molecule has 0 unspecified atom stereocenters. The summed E-state index contributed by atoms with van der Waals surface area (Å²) in [5.41, 5.74) is 1.22. The van der Waals surface area contributed by atoms with Gasteiger partial charge in [0.15, 0.2) is 0 Å². The Bertz CT molecular complexity index is 758. The molecular weight excluding hydrogens is 333 g/mol. The van der Waals surface area contributed by atoms with Crippen LogP contribution in [0, 0.1) is 0 Å². The summed E-state index contributed by atoms with van der Waals surface area (Å²) in [6.45, 7) is 0.272. The summed E-state index contributed by atoms with van der Waals surface area (Å²) in [7, 11) is 1.49. The van der Waals surface area contributed by atoms with Crippen molar-refractivity contribution >= 4 is 37.2 Å². The van der Waals surface area contributed by atoms with E-state index in [1.54, 1.807) is 36.4 Å². The standard InChI is InChI=1S/C14H11Cl2NO3S/c15-12-3-1-2-11(8-12)14(18)17-9-10-4-6-13(7-5-10)21(16,19)20/h1-8H,9H2,(H,17,18). The number of benzene rings is 2. The molecule has 2 rings (SSSR count). The first-order valence-electron chi connectivity index (χ1n) is 5.93. The van der Waals surface area contributed by atoms with Crippen LogP contribution in [0.4, 0.5) is 0 Å². The van der Waals surface area contributed by atoms with Gasteiger partial charge in [-0.25, -0.2) is 8.42 Å². The third-order valence-electron chi connectivity index (χ3n) is 2.74. The lowest BCUT2D eigenvalue weighted by Crippen LogP contribution is -2.22. The molecule has 0 radical (unpaired) electrons. The average molecular weight is 344 g/mol. The predicted octanol–water partition coefficient (Wildman–Crippen LogP) is 3.20. The van der Waals surface area contributed by atoms with Gasteiger partial charge in [-0.05, 0) is 35.9 Å². The zero-order chi connectivity index (χ0) is 15.5. The van der Waals surface area contributed by atoms with Gasteiger partial charge in [-0.15, -0.1) is 0 Å². The second-order valence-corrected chi connectivity index (χ2v) is 7.28. The number of carbonyl (C=O) groups excluding carboxylic acids is 1. The molecule has 21 heavy (non-hydrogen) atoms. The van der Waals surface area contributed by atoms with Crippen LogP contribution in [-0.2, 0) is 15.6 Å². The molecule has 0 saturated heterocycles. The molecule has 0 heterocycles. The summed E-state index contributed by atoms with van der Waals surface area (Å²) in [5, 5.41) is 3.21. The van der Waals surface area contributed by atoms with Gasteiger partial charge in [0, 0.05) is 27.8 Å². The molecule has 1 N–H and O–H groups in total. The van der Waals surface area contributed by atoms with Crippen molar-refractivity contribution in [2.45, 2.75) is 11.4 Å². The van der Waals surface area contributed by atoms with Gasteiger partial charge in [-0.1, -0.05) is 29.8 Å². The van der Waals surface area contributed by atoms with Crippen molar-refractivity contribution in [3.8, 4) is 0 Å². The maximum Gasteiger partial charge on any atom is 0.261 e. The van der Waals surface area contributed by atoms with Crippen LogP contribution < -0.4 is 5.32 Å². The number of hydrogen-bond acceptors (Lipinski definition) is 3. The molecule has 0 fully saturated rings. The molecule has 0 spiro atoms. The van der Waals surface area contributed by atoms with E-state index in [0.717, 1.165) is 5.56 Å². The van der Waals surface area contributed by atoms with E-state index in [1.807, 2.05) is 0 Å². The topological polar surface area (TPSA) is 63.2 Å². The fraction of sp³-hybridized carbons (Fsp3) is 0.0714. The molecule has 2 aromatic carbocycles. The van der Waals surface area contributed by atoms with Gasteiger partial charge in [0.1, 0.15) is 0 Å². The van der Waals surface area contributed by atoms with Gasteiger partial charge in [0.05, 0.1) is 4.90 Å². The second-order valence-electron chi connectivity index (χ2n) is 4.27. The monoisotopic (exact) mass is 343 g/mol. The lowest BCUT2D eigenvalue weighted by molar-refractivity contribution is 0.0951. The molecule has 0 aliphatic rings. The number of carbonyl (C=O) groups is 1. The number of rotatable bonds is 4. The molecular formula is C14H11Cl2NO3S. The Labute approximate surface area is 132 Å². The van der Waals surface area contributed by atoms with Gasteiger partial charge in [-0.3, -0.25) is 4.79 Å². The molecule has 0 saturated carbocycles. The Morgan fingerprint density at radius 2 is 1.76 bits per heavy atom. The molecule has 0 aliphatic carbocycles. The first kappa shape index (κ1) is 15.8. The van der Waals surface area contributed by atoms with Crippen molar-refractivity contribution in [1.82, 2.24) is 5.32 Å². The smallest absolute Gasteiger partial charge is 0.261 e. The Kier molecular flexibility index (Phi) is 4.88. The molecule has 0 aliphatic heterocycles. The lowest BCUT2D eigenvalue weighted by Gasteiger charge is -2.06. The van der Waals surface area contributed by atoms with E-state index >= 15 is 0 Å². The summed E-state index contributed by atoms with van der Waals surface area (Å²) in [4.78, 5) is 11.9. The van der Waals surface area contributed by atoms with Crippen LogP contribution in [0.25, 0.3) is 0 Å². The van der Waals surface area contributed by atoms with E-state index in [1.165, 1.54) is 12.1 Å². The summed E-state index contributed by atoms with van der Waals surface area (Å²) >= 11 is 5.82. The predicted molar refractivity (Wildman–Crippen MR) is 82.1 cm³/mol. The number of hydrogen-bond donors (Lipinski definition) is 1. The van der Waals surface area contributed by atoms with Crippen molar-refractivity contribution in [3.63, 3.8) is 0 Å². The maximum atomic E-state index is 11.9. The Hall–Kier alpha value is -1.56. The van der Waals surface area contributed by atoms with Crippen LogP contribution in [0.15, 0.2) is 53.4 Å². The van der Waals surface area contributed by atoms with Crippen molar-refractivity contribution in [1.29, 1.82) is 0 Å². The van der Waals surface area contributed by atoms with E-state index in [0.29, 0.717) is 10.6 Å². The van der Waals surface area contributed by atoms with Crippen molar-refractivity contribution < 1.29 is 13.2 Å². The molecule has 4 nitrogen and oxygen atoms in total. The van der Waals surface area contributed by atoms with Crippen LogP contribution in [0.1, 0.15) is 15.9 Å². The molecule has 1 amide bonds. The number of nitrogens with one attached hydrogen (secondary N) is 1. The summed E-state index contributed by atoms with van der Waals surface area (Å²) in [5.74, 6) is -0.258. The van der Waals surface area contributed by atoms with E-state index in [-0.39, 0.29) is 17.3 Å². The van der Waals surface area contributed by atoms with Crippen molar-refractivity contribution in [3.05, 3.63) is 64.7 Å². The highest BCUT2D eigenvalue weighted by Gasteiger charge is 2.09. The first-order valence-corrected chi connectivity index (χ1v) is 8.62. The highest BCUT2D eigenvalue weighted by molar-refractivity contribution is 8.13. The fourth-order valence-electron chi connectivity index (χ4n) is 1.68.